The summed E-state index contributed by atoms with van der Waals surface area (Å²) in [4.78, 5) is 4.69. The van der Waals surface area contributed by atoms with Crippen molar-refractivity contribution < 1.29 is 27.4 Å². The monoisotopic (exact) mass is 604 g/mol. The van der Waals surface area contributed by atoms with Crippen molar-refractivity contribution in [2.75, 3.05) is 59.4 Å². The van der Waals surface area contributed by atoms with Crippen LogP contribution in [0.2, 0.25) is 0 Å². The van der Waals surface area contributed by atoms with Crippen molar-refractivity contribution in [1.82, 2.24) is 20.4 Å². The van der Waals surface area contributed by atoms with Crippen molar-refractivity contribution >= 4 is 0 Å². The molecule has 0 atom stereocenters. The molecule has 3 aromatic rings. The van der Waals surface area contributed by atoms with Gasteiger partial charge in [-0.15, -0.1) is 0 Å². The Labute approximate surface area is 252 Å². The summed E-state index contributed by atoms with van der Waals surface area (Å²) in [5.74, 6) is 1.24. The molecule has 6 nitrogen and oxygen atoms in total. The molecule has 3 aromatic carbocycles. The van der Waals surface area contributed by atoms with E-state index in [4.69, 9.17) is 4.74 Å². The molecule has 43 heavy (non-hydrogen) atoms. The van der Waals surface area contributed by atoms with E-state index in [1.807, 2.05) is 18.2 Å². The Balaban J connectivity index is 0.000000229. The number of hydrogen-bond acceptors (Lipinski definition) is 6. The molecule has 3 N–H and O–H groups in total. The summed E-state index contributed by atoms with van der Waals surface area (Å²) >= 11 is 0. The van der Waals surface area contributed by atoms with Gasteiger partial charge in [0, 0.05) is 64.5 Å². The Hall–Kier alpha value is -3.18. The Bertz CT molecular complexity index is 1250. The van der Waals surface area contributed by atoms with E-state index in [0.29, 0.717) is 22.6 Å². The summed E-state index contributed by atoms with van der Waals surface area (Å²) in [6.45, 7) is 14.3. The highest BCUT2D eigenvalue weighted by Crippen LogP contribution is 2.36. The number of likely N-dealkylation sites (N-methyl/N-ethyl adjacent to an activating group) is 1. The highest BCUT2D eigenvalue weighted by molar-refractivity contribution is 5.44. The lowest BCUT2D eigenvalue weighted by molar-refractivity contribution is -0.137. The molecule has 2 aliphatic heterocycles. The van der Waals surface area contributed by atoms with Crippen LogP contribution in [0.3, 0.4) is 0 Å². The van der Waals surface area contributed by atoms with Gasteiger partial charge in [0.1, 0.15) is 22.9 Å². The highest BCUT2D eigenvalue weighted by Gasteiger charge is 2.30. The van der Waals surface area contributed by atoms with Crippen LogP contribution in [0.5, 0.6) is 17.2 Å². The Kier molecular flexibility index (Phi) is 12.8. The molecule has 2 aliphatic rings. The topological polar surface area (TPSA) is 60.0 Å². The standard InChI is InChI=1S/C20H25FN2O2.C8H7F3.C5H12N2/c1-20(2,21)18-13-15(14-23-11-9-22-10-12-23)3-8-19(18)25-17-6-4-16(24)5-7-17;1-6-3-2-4-7(5-6)8(9,10)11;1-7-4-2-6-3-5-7/h3-8,13,22,24H,9-12,14H2,1-2H3;2-5H,1H3;6H,2-5H2,1H3. The zero-order chi connectivity index (χ0) is 31.5. The molecule has 5 rings (SSSR count). The molecule has 0 bridgehead atoms. The van der Waals surface area contributed by atoms with Crippen LogP contribution in [0, 0.1) is 6.92 Å². The van der Waals surface area contributed by atoms with Gasteiger partial charge in [-0.2, -0.15) is 13.2 Å². The van der Waals surface area contributed by atoms with Gasteiger partial charge in [0.2, 0.25) is 0 Å². The molecule has 0 amide bonds. The third kappa shape index (κ3) is 12.1. The number of ether oxygens (including phenoxy) is 1. The second-order valence-corrected chi connectivity index (χ2v) is 11.3. The fourth-order valence-corrected chi connectivity index (χ4v) is 4.60. The summed E-state index contributed by atoms with van der Waals surface area (Å²) in [5, 5.41) is 16.0. The number of rotatable bonds is 5. The van der Waals surface area contributed by atoms with E-state index in [-0.39, 0.29) is 5.75 Å². The predicted octanol–water partition coefficient (Wildman–Crippen LogP) is 6.33. The average molecular weight is 605 g/mol. The Morgan fingerprint density at radius 2 is 1.42 bits per heavy atom. The van der Waals surface area contributed by atoms with Crippen molar-refractivity contribution in [3.05, 3.63) is 89.0 Å². The number of nitrogens with one attached hydrogen (secondary N) is 2. The van der Waals surface area contributed by atoms with Crippen LogP contribution in [-0.4, -0.2) is 74.3 Å². The number of phenolic OH excluding ortho intramolecular Hbond substituents is 1. The van der Waals surface area contributed by atoms with E-state index < -0.39 is 17.4 Å². The number of aromatic hydroxyl groups is 1. The smallest absolute Gasteiger partial charge is 0.416 e. The molecule has 0 spiro atoms. The quantitative estimate of drug-likeness (QED) is 0.296. The van der Waals surface area contributed by atoms with E-state index in [0.717, 1.165) is 63.5 Å². The maximum absolute atomic E-state index is 14.8. The van der Waals surface area contributed by atoms with Gasteiger partial charge in [-0.3, -0.25) is 4.90 Å². The lowest BCUT2D eigenvalue weighted by Gasteiger charge is -2.28. The van der Waals surface area contributed by atoms with Crippen LogP contribution in [0.4, 0.5) is 17.6 Å². The Morgan fingerprint density at radius 1 is 0.814 bits per heavy atom. The predicted molar refractivity (Wildman–Crippen MR) is 163 cm³/mol. The summed E-state index contributed by atoms with van der Waals surface area (Å²) in [5.41, 5.74) is 0.150. The number of halogens is 4. The fraction of sp³-hybridized carbons (Fsp3) is 0.455. The first-order chi connectivity index (χ1) is 20.3. The largest absolute Gasteiger partial charge is 0.508 e. The van der Waals surface area contributed by atoms with E-state index >= 15 is 0 Å². The van der Waals surface area contributed by atoms with Crippen molar-refractivity contribution in [3.63, 3.8) is 0 Å². The lowest BCUT2D eigenvalue weighted by atomic mass is 9.96. The molecule has 236 valence electrons. The van der Waals surface area contributed by atoms with Crippen molar-refractivity contribution in [2.45, 2.75) is 39.2 Å². The third-order valence-electron chi connectivity index (χ3n) is 7.05. The van der Waals surface area contributed by atoms with E-state index in [9.17, 15) is 22.7 Å². The maximum Gasteiger partial charge on any atom is 0.416 e. The lowest BCUT2D eigenvalue weighted by Crippen LogP contribution is -2.42. The Morgan fingerprint density at radius 3 is 1.91 bits per heavy atom. The highest BCUT2D eigenvalue weighted by atomic mass is 19.4. The third-order valence-corrected chi connectivity index (χ3v) is 7.05. The van der Waals surface area contributed by atoms with Gasteiger partial charge in [0.25, 0.3) is 0 Å². The number of aryl methyl sites for hydroxylation is 1. The SMILES string of the molecule is CC(C)(F)c1cc(CN2CCNCC2)ccc1Oc1ccc(O)cc1.CN1CCNCC1.Cc1cccc(C(F)(F)F)c1. The van der Waals surface area contributed by atoms with Crippen LogP contribution in [0.1, 0.15) is 36.1 Å². The number of alkyl halides is 4. The zero-order valence-corrected chi connectivity index (χ0v) is 25.5. The summed E-state index contributed by atoms with van der Waals surface area (Å²) in [7, 11) is 2.15. The van der Waals surface area contributed by atoms with Gasteiger partial charge >= 0.3 is 6.18 Å². The van der Waals surface area contributed by atoms with E-state index in [2.05, 4.69) is 27.5 Å². The van der Waals surface area contributed by atoms with Gasteiger partial charge in [0.05, 0.1) is 5.56 Å². The molecule has 0 aliphatic carbocycles. The first-order valence-electron chi connectivity index (χ1n) is 14.6. The van der Waals surface area contributed by atoms with Crippen LogP contribution in [0.25, 0.3) is 0 Å². The van der Waals surface area contributed by atoms with Crippen LogP contribution in [0.15, 0.2) is 66.7 Å². The van der Waals surface area contributed by atoms with Gasteiger partial charge in [-0.25, -0.2) is 4.39 Å². The van der Waals surface area contributed by atoms with Gasteiger partial charge in [-0.1, -0.05) is 29.8 Å². The second-order valence-electron chi connectivity index (χ2n) is 11.3. The number of piperazine rings is 2. The van der Waals surface area contributed by atoms with Crippen molar-refractivity contribution in [3.8, 4) is 17.2 Å². The van der Waals surface area contributed by atoms with Crippen LogP contribution >= 0.6 is 0 Å². The first-order valence-corrected chi connectivity index (χ1v) is 14.6. The van der Waals surface area contributed by atoms with E-state index in [1.54, 1.807) is 51.1 Å². The molecule has 0 radical (unpaired) electrons. The minimum absolute atomic E-state index is 0.171. The van der Waals surface area contributed by atoms with E-state index in [1.165, 1.54) is 19.2 Å². The van der Waals surface area contributed by atoms with Crippen molar-refractivity contribution in [2.24, 2.45) is 0 Å². The summed E-state index contributed by atoms with van der Waals surface area (Å²) in [6, 6.07) is 17.4. The molecule has 2 saturated heterocycles. The molecule has 2 heterocycles. The fourth-order valence-electron chi connectivity index (χ4n) is 4.60. The zero-order valence-electron chi connectivity index (χ0n) is 25.5. The molecule has 2 fully saturated rings. The van der Waals surface area contributed by atoms with Crippen LogP contribution in [-0.2, 0) is 18.4 Å². The van der Waals surface area contributed by atoms with Gasteiger partial charge in [0.15, 0.2) is 0 Å². The number of nitrogens with zero attached hydrogens (tertiary/aromatic N) is 2. The molecular formula is C33H44F4N4O2. The number of benzene rings is 3. The van der Waals surface area contributed by atoms with Gasteiger partial charge in [-0.05, 0) is 75.8 Å². The maximum atomic E-state index is 14.8. The molecule has 0 unspecified atom stereocenters. The normalized spacial score (nSPS) is 16.4. The number of hydrogen-bond donors (Lipinski definition) is 3. The van der Waals surface area contributed by atoms with Crippen LogP contribution < -0.4 is 15.4 Å². The molecule has 0 aromatic heterocycles. The molecule has 0 saturated carbocycles. The summed E-state index contributed by atoms with van der Waals surface area (Å²) < 4.78 is 56.5. The average Bonchev–Trinajstić information content (AvgIpc) is 2.96. The minimum Gasteiger partial charge on any atom is -0.508 e. The first kappa shape index (κ1) is 34.3. The molecular weight excluding hydrogens is 560 g/mol. The second kappa shape index (κ2) is 16.0. The van der Waals surface area contributed by atoms with Gasteiger partial charge < -0.3 is 25.4 Å². The molecule has 10 heteroatoms. The van der Waals surface area contributed by atoms with Crippen molar-refractivity contribution in [1.29, 1.82) is 0 Å². The number of phenols is 1. The minimum atomic E-state index is -4.22. The summed E-state index contributed by atoms with van der Waals surface area (Å²) in [6.07, 6.45) is -4.22.